The van der Waals surface area contributed by atoms with Crippen LogP contribution in [-0.2, 0) is 54.3 Å². The molecule has 16 nitrogen and oxygen atoms in total. The van der Waals surface area contributed by atoms with E-state index in [9.17, 15) is 29.1 Å². The van der Waals surface area contributed by atoms with Crippen molar-refractivity contribution in [2.24, 2.45) is 0 Å². The van der Waals surface area contributed by atoms with E-state index < -0.39 is 23.9 Å². The smallest absolute Gasteiger partial charge is 0.343 e. The predicted molar refractivity (Wildman–Crippen MR) is 248 cm³/mol. The SMILES string of the molecule is COC(=O)C(C(=N)Cc1ccccc1)=C(C)O.COC(=O)CC(C)=O.COC(=O)c1c(Cc2ccccc2)noc1C.Cc1onc(Cc2ccccc2)c1C(=O)O.N#CCc1ccccc1. The molecule has 6 aromatic rings. The second-order valence-corrected chi connectivity index (χ2v) is 14.1. The summed E-state index contributed by atoms with van der Waals surface area (Å²) in [6.07, 6.45) is 1.71. The minimum Gasteiger partial charge on any atom is -0.512 e. The number of nitrogens with one attached hydrogen (secondary N) is 1. The van der Waals surface area contributed by atoms with Crippen LogP contribution in [0.15, 0.2) is 142 Å². The van der Waals surface area contributed by atoms with Gasteiger partial charge in [-0.1, -0.05) is 132 Å². The number of carboxylic acid groups (broad SMARTS) is 1. The normalized spacial score (nSPS) is 10.1. The number of hydrogen-bond acceptors (Lipinski definition) is 15. The van der Waals surface area contributed by atoms with Gasteiger partial charge in [0.05, 0.1) is 39.5 Å². The zero-order valence-corrected chi connectivity index (χ0v) is 38.4. The first-order valence-corrected chi connectivity index (χ1v) is 20.4. The fourth-order valence-corrected chi connectivity index (χ4v) is 5.74. The predicted octanol–water partition coefficient (Wildman–Crippen LogP) is 8.78. The molecule has 4 aromatic carbocycles. The van der Waals surface area contributed by atoms with E-state index in [1.54, 1.807) is 13.8 Å². The van der Waals surface area contributed by atoms with Gasteiger partial charge in [0.25, 0.3) is 0 Å². The van der Waals surface area contributed by atoms with Gasteiger partial charge in [-0.15, -0.1) is 0 Å². The van der Waals surface area contributed by atoms with Crippen LogP contribution in [0.4, 0.5) is 0 Å². The molecule has 6 rings (SSSR count). The molecule has 350 valence electrons. The molecule has 67 heavy (non-hydrogen) atoms. The number of rotatable bonds is 13. The fraction of sp³-hybridized carbons (Fsp3) is 0.235. The molecule has 0 aliphatic heterocycles. The van der Waals surface area contributed by atoms with Crippen molar-refractivity contribution in [3.05, 3.63) is 189 Å². The average molecular weight is 915 g/mol. The molecule has 0 saturated heterocycles. The Bertz CT molecular complexity index is 2580. The van der Waals surface area contributed by atoms with E-state index in [1.165, 1.54) is 35.2 Å². The lowest BCUT2D eigenvalue weighted by molar-refractivity contribution is -0.143. The quantitative estimate of drug-likeness (QED) is 0.0244. The first kappa shape index (κ1) is 54.7. The van der Waals surface area contributed by atoms with Gasteiger partial charge in [0.15, 0.2) is 0 Å². The minimum atomic E-state index is -0.996. The number of esters is 3. The maximum absolute atomic E-state index is 11.6. The van der Waals surface area contributed by atoms with Crippen LogP contribution in [0.25, 0.3) is 0 Å². The number of aromatic carboxylic acids is 1. The largest absolute Gasteiger partial charge is 0.512 e. The molecule has 0 atom stereocenters. The van der Waals surface area contributed by atoms with Crippen molar-refractivity contribution in [3.63, 3.8) is 0 Å². The van der Waals surface area contributed by atoms with E-state index in [0.717, 1.165) is 22.3 Å². The lowest BCUT2D eigenvalue weighted by Crippen LogP contribution is -2.17. The van der Waals surface area contributed by atoms with Crippen LogP contribution in [0.3, 0.4) is 0 Å². The molecule has 0 amide bonds. The number of carbonyl (C=O) groups is 5. The van der Waals surface area contributed by atoms with E-state index >= 15 is 0 Å². The number of hydrogen-bond donors (Lipinski definition) is 3. The van der Waals surface area contributed by atoms with Crippen LogP contribution < -0.4 is 0 Å². The number of ether oxygens (including phenoxy) is 3. The minimum absolute atomic E-state index is 0.0445. The summed E-state index contributed by atoms with van der Waals surface area (Å²) in [6.45, 7) is 6.02. The van der Waals surface area contributed by atoms with Crippen molar-refractivity contribution >= 4 is 35.4 Å². The first-order valence-electron chi connectivity index (χ1n) is 20.4. The molecule has 0 spiro atoms. The van der Waals surface area contributed by atoms with E-state index in [4.69, 9.17) is 29.6 Å². The summed E-state index contributed by atoms with van der Waals surface area (Å²) >= 11 is 0. The average Bonchev–Trinajstić information content (AvgIpc) is 3.88. The fourth-order valence-electron chi connectivity index (χ4n) is 5.74. The second kappa shape index (κ2) is 29.8. The van der Waals surface area contributed by atoms with Gasteiger partial charge in [0.2, 0.25) is 0 Å². The molecule has 0 unspecified atom stereocenters. The number of carbonyl (C=O) groups excluding carboxylic acids is 4. The number of nitrogens with zero attached hydrogens (tertiary/aromatic N) is 3. The van der Waals surface area contributed by atoms with Crippen molar-refractivity contribution < 1.29 is 57.4 Å². The number of aliphatic hydroxyl groups is 1. The summed E-state index contributed by atoms with van der Waals surface area (Å²) < 4.78 is 23.4. The lowest BCUT2D eigenvalue weighted by atomic mass is 10.0. The van der Waals surface area contributed by atoms with E-state index in [2.05, 4.69) is 25.9 Å². The zero-order chi connectivity index (χ0) is 49.7. The number of methoxy groups -OCH3 is 3. The molecule has 0 aliphatic rings. The summed E-state index contributed by atoms with van der Waals surface area (Å²) in [7, 11) is 3.83. The van der Waals surface area contributed by atoms with Crippen molar-refractivity contribution in [3.8, 4) is 6.07 Å². The molecule has 2 heterocycles. The van der Waals surface area contributed by atoms with Crippen LogP contribution in [0.1, 0.15) is 86.1 Å². The van der Waals surface area contributed by atoms with E-state index in [1.807, 2.05) is 121 Å². The number of allylic oxidation sites excluding steroid dienone is 1. The molecular weight excluding hydrogens is 861 g/mol. The number of ketones is 1. The zero-order valence-electron chi connectivity index (χ0n) is 38.4. The third-order valence-electron chi connectivity index (χ3n) is 8.92. The van der Waals surface area contributed by atoms with Crippen molar-refractivity contribution in [1.29, 1.82) is 10.7 Å². The van der Waals surface area contributed by atoms with Crippen LogP contribution in [0, 0.1) is 30.6 Å². The van der Waals surface area contributed by atoms with Gasteiger partial charge < -0.3 is 38.9 Å². The van der Waals surface area contributed by atoms with Gasteiger partial charge in [0.1, 0.15) is 57.6 Å². The first-order chi connectivity index (χ1) is 32.1. The monoisotopic (exact) mass is 914 g/mol. The van der Waals surface area contributed by atoms with Crippen LogP contribution >= 0.6 is 0 Å². The molecule has 0 fully saturated rings. The highest BCUT2D eigenvalue weighted by Gasteiger charge is 2.22. The Morgan fingerprint density at radius 2 is 1.04 bits per heavy atom. The summed E-state index contributed by atoms with van der Waals surface area (Å²) in [4.78, 5) is 54.3. The Balaban J connectivity index is 0.000000296. The Morgan fingerprint density at radius 3 is 1.40 bits per heavy atom. The maximum atomic E-state index is 11.6. The summed E-state index contributed by atoms with van der Waals surface area (Å²) in [5, 5.41) is 42.2. The van der Waals surface area contributed by atoms with Gasteiger partial charge in [-0.05, 0) is 49.9 Å². The number of aryl methyl sites for hydroxylation is 2. The number of carboxylic acids is 1. The number of benzene rings is 4. The highest BCUT2D eigenvalue weighted by molar-refractivity contribution is 6.19. The van der Waals surface area contributed by atoms with Gasteiger partial charge in [-0.3, -0.25) is 9.59 Å². The Morgan fingerprint density at radius 1 is 0.627 bits per heavy atom. The molecule has 0 bridgehead atoms. The third-order valence-corrected chi connectivity index (χ3v) is 8.92. The van der Waals surface area contributed by atoms with E-state index in [0.29, 0.717) is 47.7 Å². The van der Waals surface area contributed by atoms with Crippen LogP contribution in [0.2, 0.25) is 0 Å². The van der Waals surface area contributed by atoms with Crippen molar-refractivity contribution in [2.75, 3.05) is 21.3 Å². The molecule has 0 aliphatic carbocycles. The van der Waals surface area contributed by atoms with E-state index in [-0.39, 0.29) is 41.2 Å². The molecule has 0 saturated carbocycles. The van der Waals surface area contributed by atoms with Crippen LogP contribution in [-0.4, -0.2) is 77.2 Å². The highest BCUT2D eigenvalue weighted by Crippen LogP contribution is 2.19. The lowest BCUT2D eigenvalue weighted by Gasteiger charge is -2.08. The number of Topliss-reactive ketones (excluding diaryl/α,β-unsaturated/α-hetero) is 1. The topological polar surface area (TPSA) is 253 Å². The van der Waals surface area contributed by atoms with Crippen molar-refractivity contribution in [2.45, 2.75) is 59.8 Å². The standard InChI is InChI=1S/C13H13NO3.C13H15NO3.C12H11NO3.C8H7N.C5H8O3/c1-9-12(13(15)16-2)11(14-17-9)8-10-6-4-3-5-7-10;1-9(15)12(13(16)17-2)11(14)8-10-6-4-3-5-7-10;1-8-11(12(14)15)10(13-16-8)7-9-5-3-2-4-6-9;9-7-6-8-4-2-1-3-5-8;1-4(6)3-5(7)8-2/h3-7H,8H2,1-2H3;3-7,14-15H,8H2,1-2H3;2-6H,7H2,1H3,(H,14,15);1-5H,6H2;3H2,1-2H3. The van der Waals surface area contributed by atoms with Gasteiger partial charge in [-0.25, -0.2) is 14.4 Å². The Kier molecular flexibility index (Phi) is 24.3. The van der Waals surface area contributed by atoms with Gasteiger partial charge in [-0.2, -0.15) is 5.26 Å². The van der Waals surface area contributed by atoms with Crippen LogP contribution in [0.5, 0.6) is 0 Å². The van der Waals surface area contributed by atoms with Gasteiger partial charge >= 0.3 is 23.9 Å². The molecule has 2 aromatic heterocycles. The third kappa shape index (κ3) is 19.9. The number of aromatic nitrogens is 2. The summed E-state index contributed by atoms with van der Waals surface area (Å²) in [5.41, 5.74) is 5.72. The summed E-state index contributed by atoms with van der Waals surface area (Å²) in [6, 6.07) is 40.5. The number of aliphatic hydroxyl groups excluding tert-OH is 1. The maximum Gasteiger partial charge on any atom is 0.343 e. The summed E-state index contributed by atoms with van der Waals surface area (Å²) in [5.74, 6) is -2.10. The number of nitriles is 1. The van der Waals surface area contributed by atoms with Gasteiger partial charge in [0, 0.05) is 19.3 Å². The molecule has 16 heteroatoms. The second-order valence-electron chi connectivity index (χ2n) is 14.1. The molecule has 0 radical (unpaired) electrons. The van der Waals surface area contributed by atoms with Crippen molar-refractivity contribution in [1.82, 2.24) is 10.3 Å². The Hall–Kier alpha value is -8.45. The highest BCUT2D eigenvalue weighted by atomic mass is 16.5. The molecule has 3 N–H and O–H groups in total. The molecular formula is C51H54N4O12. The Labute approximate surface area is 388 Å².